The van der Waals surface area contributed by atoms with Crippen molar-refractivity contribution in [2.45, 2.75) is 10.6 Å². The summed E-state index contributed by atoms with van der Waals surface area (Å²) in [7, 11) is 0. The highest BCUT2D eigenvalue weighted by molar-refractivity contribution is 9.10. The Balaban J connectivity index is 2.47. The molecule has 0 fully saturated rings. The zero-order valence-electron chi connectivity index (χ0n) is 6.94. The second-order valence-electron chi connectivity index (χ2n) is 2.83. The average Bonchev–Trinajstić information content (AvgIpc) is 2.07. The fourth-order valence-electron chi connectivity index (χ4n) is 1.04. The zero-order chi connectivity index (χ0) is 11.3. The number of hydrogen-bond acceptors (Lipinski definition) is 2. The molecule has 0 aromatic heterocycles. The number of rotatable bonds is 0. The van der Waals surface area contributed by atoms with Crippen molar-refractivity contribution in [2.24, 2.45) is 0 Å². The van der Waals surface area contributed by atoms with Gasteiger partial charge in [0.05, 0.1) is 0 Å². The van der Waals surface area contributed by atoms with Crippen LogP contribution >= 0.6 is 39.1 Å². The Bertz CT molecular complexity index is 412. The van der Waals surface area contributed by atoms with Crippen LogP contribution in [0.2, 0.25) is 0 Å². The second-order valence-corrected chi connectivity index (χ2v) is 4.72. The summed E-state index contributed by atoms with van der Waals surface area (Å²) in [5.41, 5.74) is 0. The van der Waals surface area contributed by atoms with E-state index >= 15 is 0 Å². The summed E-state index contributed by atoms with van der Waals surface area (Å²) in [6, 6.07) is 4.33. The Morgan fingerprint density at radius 1 is 1.07 bits per heavy atom. The lowest BCUT2D eigenvalue weighted by atomic mass is 10.3. The summed E-state index contributed by atoms with van der Waals surface area (Å²) in [4.78, 5) is 0. The molecule has 0 aliphatic carbocycles. The summed E-state index contributed by atoms with van der Waals surface area (Å²) in [5.74, 6) is -0.0552. The van der Waals surface area contributed by atoms with Crippen LogP contribution in [0, 0.1) is 0 Å². The molecular formula is C8H3BrCl2F2O2. The van der Waals surface area contributed by atoms with Crippen LogP contribution < -0.4 is 9.47 Å². The van der Waals surface area contributed by atoms with E-state index in [-0.39, 0.29) is 11.5 Å². The zero-order valence-corrected chi connectivity index (χ0v) is 10.0. The molecule has 0 amide bonds. The number of hydrogen-bond donors (Lipinski definition) is 0. The van der Waals surface area contributed by atoms with Crippen LogP contribution in [0.4, 0.5) is 8.78 Å². The third-order valence-electron chi connectivity index (χ3n) is 1.72. The predicted octanol–water partition coefficient (Wildman–Crippen LogP) is 3.94. The summed E-state index contributed by atoms with van der Waals surface area (Å²) in [6.07, 6.45) is 0. The number of fused-ring (bicyclic) bond motifs is 1. The molecule has 0 saturated carbocycles. The first-order valence-electron chi connectivity index (χ1n) is 3.75. The van der Waals surface area contributed by atoms with E-state index in [2.05, 4.69) is 25.4 Å². The minimum Gasteiger partial charge on any atom is -0.435 e. The molecule has 2 nitrogen and oxygen atoms in total. The summed E-state index contributed by atoms with van der Waals surface area (Å²) in [5, 5.41) is -6.52. The van der Waals surface area contributed by atoms with Gasteiger partial charge in [0.2, 0.25) is 0 Å². The van der Waals surface area contributed by atoms with Gasteiger partial charge in [-0.05, 0) is 41.4 Å². The van der Waals surface area contributed by atoms with E-state index < -0.39 is 10.6 Å². The van der Waals surface area contributed by atoms with Gasteiger partial charge in [0.15, 0.2) is 11.5 Å². The predicted molar refractivity (Wildman–Crippen MR) is 54.8 cm³/mol. The van der Waals surface area contributed by atoms with Crippen molar-refractivity contribution in [1.29, 1.82) is 0 Å². The van der Waals surface area contributed by atoms with Crippen LogP contribution in [-0.2, 0) is 0 Å². The van der Waals surface area contributed by atoms with Crippen LogP contribution in [0.1, 0.15) is 0 Å². The molecule has 1 aromatic rings. The van der Waals surface area contributed by atoms with Crippen molar-refractivity contribution < 1.29 is 18.3 Å². The van der Waals surface area contributed by atoms with Gasteiger partial charge < -0.3 is 9.47 Å². The monoisotopic (exact) mass is 318 g/mol. The molecule has 1 aromatic carbocycles. The lowest BCUT2D eigenvalue weighted by molar-refractivity contribution is -0.180. The molecule has 1 aliphatic rings. The van der Waals surface area contributed by atoms with Gasteiger partial charge in [-0.3, -0.25) is 0 Å². The molecule has 2 rings (SSSR count). The average molecular weight is 320 g/mol. The summed E-state index contributed by atoms with van der Waals surface area (Å²) in [6.45, 7) is 0. The molecule has 0 saturated heterocycles. The van der Waals surface area contributed by atoms with E-state index in [9.17, 15) is 8.78 Å². The normalized spacial score (nSPS) is 33.9. The van der Waals surface area contributed by atoms with E-state index in [4.69, 9.17) is 23.2 Å². The third kappa shape index (κ3) is 1.88. The summed E-state index contributed by atoms with van der Waals surface area (Å²) < 4.78 is 36.4. The van der Waals surface area contributed by atoms with Crippen molar-refractivity contribution in [3.63, 3.8) is 0 Å². The van der Waals surface area contributed by atoms with Gasteiger partial charge >= 0.3 is 10.6 Å². The number of alkyl halides is 4. The van der Waals surface area contributed by atoms with E-state index in [0.717, 1.165) is 0 Å². The molecule has 0 bridgehead atoms. The molecule has 0 spiro atoms. The highest BCUT2D eigenvalue weighted by Gasteiger charge is 2.60. The molecule has 0 radical (unpaired) electrons. The van der Waals surface area contributed by atoms with Gasteiger partial charge in [0.1, 0.15) is 0 Å². The smallest absolute Gasteiger partial charge is 0.414 e. The maximum Gasteiger partial charge on any atom is 0.414 e. The first kappa shape index (κ1) is 11.2. The number of ether oxygens (including phenoxy) is 2. The highest BCUT2D eigenvalue weighted by atomic mass is 79.9. The standard InChI is InChI=1S/C8H3BrCl2F2O2/c9-4-1-2-5-6(3-4)15-8(11,13)7(10,12)14-5/h1-3H/t7-,8+/m0/s1. The molecule has 1 aliphatic heterocycles. The maximum atomic E-state index is 13.4. The maximum absolute atomic E-state index is 13.4. The lowest BCUT2D eigenvalue weighted by Gasteiger charge is -2.34. The van der Waals surface area contributed by atoms with E-state index in [1.165, 1.54) is 12.1 Å². The van der Waals surface area contributed by atoms with Crippen molar-refractivity contribution in [2.75, 3.05) is 0 Å². The quantitative estimate of drug-likeness (QED) is 0.674. The van der Waals surface area contributed by atoms with Crippen molar-refractivity contribution in [3.05, 3.63) is 22.7 Å². The van der Waals surface area contributed by atoms with Gasteiger partial charge in [0, 0.05) is 4.47 Å². The Morgan fingerprint density at radius 2 is 1.60 bits per heavy atom. The first-order chi connectivity index (χ1) is 6.82. The van der Waals surface area contributed by atoms with Crippen LogP contribution in [0.25, 0.3) is 0 Å². The van der Waals surface area contributed by atoms with Gasteiger partial charge in [-0.2, -0.15) is 8.78 Å². The van der Waals surface area contributed by atoms with Crippen LogP contribution in [0.3, 0.4) is 0 Å². The van der Waals surface area contributed by atoms with E-state index in [1.54, 1.807) is 6.07 Å². The van der Waals surface area contributed by atoms with E-state index in [1.807, 2.05) is 0 Å². The van der Waals surface area contributed by atoms with Gasteiger partial charge in [-0.1, -0.05) is 15.9 Å². The fraction of sp³-hybridized carbons (Fsp3) is 0.250. The molecule has 82 valence electrons. The third-order valence-corrected chi connectivity index (χ3v) is 2.95. The summed E-state index contributed by atoms with van der Waals surface area (Å²) >= 11 is 13.3. The molecule has 0 N–H and O–H groups in total. The molecular weight excluding hydrogens is 317 g/mol. The number of benzene rings is 1. The van der Waals surface area contributed by atoms with Crippen LogP contribution in [0.15, 0.2) is 22.7 Å². The topological polar surface area (TPSA) is 18.5 Å². The fourth-order valence-corrected chi connectivity index (χ4v) is 1.62. The number of halogens is 5. The largest absolute Gasteiger partial charge is 0.435 e. The SMILES string of the molecule is F[C@]1(Cl)Oc2ccc(Br)cc2O[C@@]1(F)Cl. The minimum absolute atomic E-state index is 0.0235. The van der Waals surface area contributed by atoms with Crippen molar-refractivity contribution >= 4 is 39.1 Å². The molecule has 2 atom stereocenters. The minimum atomic E-state index is -3.26. The molecule has 15 heavy (non-hydrogen) atoms. The highest BCUT2D eigenvalue weighted by Crippen LogP contribution is 2.49. The second kappa shape index (κ2) is 3.37. The molecule has 1 heterocycles. The lowest BCUT2D eigenvalue weighted by Crippen LogP contribution is -2.50. The Morgan fingerprint density at radius 3 is 2.20 bits per heavy atom. The van der Waals surface area contributed by atoms with E-state index in [0.29, 0.717) is 4.47 Å². The Labute approximate surface area is 102 Å². The molecule has 7 heteroatoms. The van der Waals surface area contributed by atoms with Crippen LogP contribution in [-0.4, -0.2) is 10.6 Å². The van der Waals surface area contributed by atoms with Gasteiger partial charge in [-0.25, -0.2) is 0 Å². The van der Waals surface area contributed by atoms with Gasteiger partial charge in [-0.15, -0.1) is 0 Å². The Hall–Kier alpha value is -0.260. The Kier molecular flexibility index (Phi) is 2.52. The van der Waals surface area contributed by atoms with Crippen molar-refractivity contribution in [3.8, 4) is 11.5 Å². The van der Waals surface area contributed by atoms with Crippen LogP contribution in [0.5, 0.6) is 11.5 Å². The van der Waals surface area contributed by atoms with Crippen molar-refractivity contribution in [1.82, 2.24) is 0 Å². The first-order valence-corrected chi connectivity index (χ1v) is 5.30. The van der Waals surface area contributed by atoms with Gasteiger partial charge in [0.25, 0.3) is 0 Å². The molecule has 0 unspecified atom stereocenters.